The van der Waals surface area contributed by atoms with Crippen molar-refractivity contribution in [3.63, 3.8) is 0 Å². The number of halogens is 1. The van der Waals surface area contributed by atoms with E-state index in [0.717, 1.165) is 41.7 Å². The van der Waals surface area contributed by atoms with Gasteiger partial charge in [0.25, 0.3) is 0 Å². The molecular formula is C16H16FN3. The molecule has 1 N–H and O–H groups in total. The molecule has 3 rings (SSSR count). The van der Waals surface area contributed by atoms with E-state index in [2.05, 4.69) is 21.9 Å². The molecule has 2 heterocycles. The smallest absolute Gasteiger partial charge is 0.156 e. The summed E-state index contributed by atoms with van der Waals surface area (Å²) >= 11 is 0. The summed E-state index contributed by atoms with van der Waals surface area (Å²) in [5.41, 5.74) is 4.01. The molecule has 2 aromatic heterocycles. The topological polar surface area (TPSA) is 41.6 Å². The summed E-state index contributed by atoms with van der Waals surface area (Å²) in [5.74, 6) is -0.225. The molecule has 0 atom stereocenters. The van der Waals surface area contributed by atoms with Gasteiger partial charge in [0, 0.05) is 23.5 Å². The molecule has 0 radical (unpaired) electrons. The molecule has 1 aromatic carbocycles. The molecule has 0 aliphatic heterocycles. The number of aromatic nitrogens is 3. The molecule has 102 valence electrons. The number of rotatable bonds is 4. The van der Waals surface area contributed by atoms with Gasteiger partial charge in [-0.1, -0.05) is 25.5 Å². The maximum atomic E-state index is 14.0. The van der Waals surface area contributed by atoms with Crippen LogP contribution in [-0.2, 0) is 6.42 Å². The first-order chi connectivity index (χ1) is 9.81. The van der Waals surface area contributed by atoms with Gasteiger partial charge in [0.15, 0.2) is 5.65 Å². The normalized spacial score (nSPS) is 11.1. The number of nitrogens with zero attached hydrogens (tertiary/aromatic N) is 2. The minimum atomic E-state index is -0.225. The third kappa shape index (κ3) is 2.18. The maximum absolute atomic E-state index is 14.0. The summed E-state index contributed by atoms with van der Waals surface area (Å²) in [4.78, 5) is 11.9. The molecule has 0 amide bonds. The first-order valence-electron chi connectivity index (χ1n) is 6.87. The minimum absolute atomic E-state index is 0.225. The SMILES string of the molecule is CCCCc1c(-c2ccccc2F)[nH]c2nccnc12. The average molecular weight is 269 g/mol. The highest BCUT2D eigenvalue weighted by atomic mass is 19.1. The minimum Gasteiger partial charge on any atom is -0.338 e. The lowest BCUT2D eigenvalue weighted by Gasteiger charge is -2.05. The molecule has 0 aliphatic carbocycles. The van der Waals surface area contributed by atoms with Gasteiger partial charge in [0.05, 0.1) is 5.69 Å². The van der Waals surface area contributed by atoms with Gasteiger partial charge >= 0.3 is 0 Å². The van der Waals surface area contributed by atoms with Crippen molar-refractivity contribution in [3.05, 3.63) is 48.0 Å². The van der Waals surface area contributed by atoms with Crippen molar-refractivity contribution in [1.29, 1.82) is 0 Å². The maximum Gasteiger partial charge on any atom is 0.156 e. The highest BCUT2D eigenvalue weighted by molar-refractivity contribution is 5.85. The third-order valence-corrected chi connectivity index (χ3v) is 3.45. The van der Waals surface area contributed by atoms with E-state index >= 15 is 0 Å². The van der Waals surface area contributed by atoms with Gasteiger partial charge in [0.1, 0.15) is 11.3 Å². The van der Waals surface area contributed by atoms with Gasteiger partial charge in [0.2, 0.25) is 0 Å². The zero-order valence-corrected chi connectivity index (χ0v) is 11.4. The highest BCUT2D eigenvalue weighted by Crippen LogP contribution is 2.31. The Kier molecular flexibility index (Phi) is 3.46. The third-order valence-electron chi connectivity index (χ3n) is 3.45. The van der Waals surface area contributed by atoms with Crippen molar-refractivity contribution < 1.29 is 4.39 Å². The van der Waals surface area contributed by atoms with Crippen LogP contribution < -0.4 is 0 Å². The Hall–Kier alpha value is -2.23. The molecular weight excluding hydrogens is 253 g/mol. The Bertz CT molecular complexity index is 733. The number of aryl methyl sites for hydroxylation is 1. The fourth-order valence-corrected chi connectivity index (χ4v) is 2.45. The average Bonchev–Trinajstić information content (AvgIpc) is 2.84. The summed E-state index contributed by atoms with van der Waals surface area (Å²) in [7, 11) is 0. The molecule has 0 spiro atoms. The number of nitrogens with one attached hydrogen (secondary N) is 1. The molecule has 3 aromatic rings. The zero-order valence-electron chi connectivity index (χ0n) is 11.4. The zero-order chi connectivity index (χ0) is 13.9. The highest BCUT2D eigenvalue weighted by Gasteiger charge is 2.16. The Balaban J connectivity index is 2.21. The van der Waals surface area contributed by atoms with Gasteiger partial charge < -0.3 is 4.98 Å². The van der Waals surface area contributed by atoms with Crippen LogP contribution in [0.2, 0.25) is 0 Å². The van der Waals surface area contributed by atoms with Crippen LogP contribution in [-0.4, -0.2) is 15.0 Å². The second-order valence-electron chi connectivity index (χ2n) is 4.82. The second-order valence-corrected chi connectivity index (χ2v) is 4.82. The van der Waals surface area contributed by atoms with E-state index in [1.807, 2.05) is 6.07 Å². The molecule has 0 aliphatic rings. The molecule has 0 fully saturated rings. The van der Waals surface area contributed by atoms with Crippen molar-refractivity contribution in [1.82, 2.24) is 15.0 Å². The van der Waals surface area contributed by atoms with E-state index in [0.29, 0.717) is 5.56 Å². The molecule has 3 nitrogen and oxygen atoms in total. The largest absolute Gasteiger partial charge is 0.338 e. The van der Waals surface area contributed by atoms with E-state index in [9.17, 15) is 4.39 Å². The van der Waals surface area contributed by atoms with E-state index in [4.69, 9.17) is 0 Å². The van der Waals surface area contributed by atoms with Crippen LogP contribution in [0.3, 0.4) is 0 Å². The number of aromatic amines is 1. The number of fused-ring (bicyclic) bond motifs is 1. The van der Waals surface area contributed by atoms with Crippen molar-refractivity contribution in [3.8, 4) is 11.3 Å². The van der Waals surface area contributed by atoms with E-state index < -0.39 is 0 Å². The molecule has 0 bridgehead atoms. The molecule has 20 heavy (non-hydrogen) atoms. The van der Waals surface area contributed by atoms with Crippen LogP contribution in [0.1, 0.15) is 25.3 Å². The number of hydrogen-bond donors (Lipinski definition) is 1. The van der Waals surface area contributed by atoms with Crippen molar-refractivity contribution in [2.24, 2.45) is 0 Å². The summed E-state index contributed by atoms with van der Waals surface area (Å²) in [6, 6.07) is 6.80. The van der Waals surface area contributed by atoms with Crippen molar-refractivity contribution >= 4 is 11.2 Å². The van der Waals surface area contributed by atoms with E-state index in [1.54, 1.807) is 24.5 Å². The Labute approximate surface area is 116 Å². The number of benzene rings is 1. The summed E-state index contributed by atoms with van der Waals surface area (Å²) in [6.07, 6.45) is 6.33. The fourth-order valence-electron chi connectivity index (χ4n) is 2.45. The first kappa shape index (κ1) is 12.8. The van der Waals surface area contributed by atoms with Gasteiger partial charge in [-0.3, -0.25) is 4.98 Å². The Morgan fingerprint density at radius 1 is 1.15 bits per heavy atom. The van der Waals surface area contributed by atoms with Crippen LogP contribution >= 0.6 is 0 Å². The van der Waals surface area contributed by atoms with Crippen LogP contribution in [0.4, 0.5) is 4.39 Å². The first-order valence-corrected chi connectivity index (χ1v) is 6.87. The summed E-state index contributed by atoms with van der Waals surface area (Å²) < 4.78 is 14.0. The quantitative estimate of drug-likeness (QED) is 0.774. The van der Waals surface area contributed by atoms with Gasteiger partial charge in [-0.25, -0.2) is 9.37 Å². The predicted molar refractivity (Wildman–Crippen MR) is 77.9 cm³/mol. The Morgan fingerprint density at radius 2 is 1.95 bits per heavy atom. The Morgan fingerprint density at radius 3 is 2.75 bits per heavy atom. The summed E-state index contributed by atoms with van der Waals surface area (Å²) in [6.45, 7) is 2.14. The van der Waals surface area contributed by atoms with Gasteiger partial charge in [-0.05, 0) is 25.0 Å². The standard InChI is InChI=1S/C16H16FN3/c1-2-3-6-12-14(11-7-4-5-8-13(11)17)20-16-15(12)18-9-10-19-16/h4-5,7-10H,2-3,6H2,1H3,(H,19,20). The molecule has 0 saturated carbocycles. The van der Waals surface area contributed by atoms with Gasteiger partial charge in [-0.15, -0.1) is 0 Å². The number of hydrogen-bond acceptors (Lipinski definition) is 2. The van der Waals surface area contributed by atoms with Crippen molar-refractivity contribution in [2.75, 3.05) is 0 Å². The van der Waals surface area contributed by atoms with Crippen LogP contribution in [0.25, 0.3) is 22.4 Å². The monoisotopic (exact) mass is 269 g/mol. The van der Waals surface area contributed by atoms with E-state index in [-0.39, 0.29) is 5.82 Å². The molecule has 0 unspecified atom stereocenters. The number of H-pyrrole nitrogens is 1. The lowest BCUT2D eigenvalue weighted by atomic mass is 10.0. The lowest BCUT2D eigenvalue weighted by Crippen LogP contribution is -1.91. The van der Waals surface area contributed by atoms with Crippen LogP contribution in [0.15, 0.2) is 36.7 Å². The van der Waals surface area contributed by atoms with E-state index in [1.165, 1.54) is 6.07 Å². The summed E-state index contributed by atoms with van der Waals surface area (Å²) in [5, 5.41) is 0. The van der Waals surface area contributed by atoms with Crippen LogP contribution in [0, 0.1) is 5.82 Å². The van der Waals surface area contributed by atoms with Gasteiger partial charge in [-0.2, -0.15) is 0 Å². The predicted octanol–water partition coefficient (Wildman–Crippen LogP) is 4.11. The molecule has 4 heteroatoms. The second kappa shape index (κ2) is 5.41. The molecule has 0 saturated heterocycles. The number of unbranched alkanes of at least 4 members (excludes halogenated alkanes) is 1. The van der Waals surface area contributed by atoms with Crippen molar-refractivity contribution in [2.45, 2.75) is 26.2 Å². The fraction of sp³-hybridized carbons (Fsp3) is 0.250. The van der Waals surface area contributed by atoms with Crippen LogP contribution in [0.5, 0.6) is 0 Å². The lowest BCUT2D eigenvalue weighted by molar-refractivity contribution is 0.630.